The van der Waals surface area contributed by atoms with Crippen molar-refractivity contribution < 1.29 is 14.5 Å². The molecule has 4 aromatic rings. The Morgan fingerprint density at radius 3 is 2.79 bits per heavy atom. The van der Waals surface area contributed by atoms with Crippen molar-refractivity contribution in [3.05, 3.63) is 60.0 Å². The second kappa shape index (κ2) is 5.45. The molecule has 1 aromatic carbocycles. The maximum absolute atomic E-state index is 8.60. The van der Waals surface area contributed by atoms with Gasteiger partial charge in [0.05, 0.1) is 17.0 Å². The quantitative estimate of drug-likeness (QED) is 0.491. The molecule has 3 aromatic heterocycles. The molecule has 0 saturated carbocycles. The van der Waals surface area contributed by atoms with Crippen molar-refractivity contribution in [1.29, 1.82) is 0 Å². The summed E-state index contributed by atoms with van der Waals surface area (Å²) in [4.78, 5) is 4.60. The van der Waals surface area contributed by atoms with Crippen LogP contribution in [0, 0.1) is 6.92 Å². The molecule has 1 unspecified atom stereocenters. The van der Waals surface area contributed by atoms with E-state index in [1.807, 2.05) is 67.2 Å². The molecule has 0 amide bonds. The number of nitrogens with zero attached hydrogens (tertiary/aromatic N) is 2. The summed E-state index contributed by atoms with van der Waals surface area (Å²) in [6.45, 7) is 0.677. The third-order valence-corrected chi connectivity index (χ3v) is 4.37. The fourth-order valence-electron chi connectivity index (χ4n) is 3.27. The van der Waals surface area contributed by atoms with E-state index in [0.717, 1.165) is 22.0 Å². The largest absolute Gasteiger partial charge is 0.454 e. The molecule has 0 bridgehead atoms. The van der Waals surface area contributed by atoms with Crippen LogP contribution >= 0.6 is 0 Å². The van der Waals surface area contributed by atoms with E-state index in [-0.39, 0.29) is 5.69 Å². The third kappa shape index (κ3) is 2.12. The molecule has 0 aliphatic carbocycles. The van der Waals surface area contributed by atoms with Crippen molar-refractivity contribution in [2.45, 2.75) is 26.6 Å². The van der Waals surface area contributed by atoms with Gasteiger partial charge >= 0.3 is 0 Å². The minimum absolute atomic E-state index is 0.138. The van der Waals surface area contributed by atoms with Gasteiger partial charge in [-0.25, -0.2) is 4.57 Å². The first-order chi connectivity index (χ1) is 13.1. The third-order valence-electron chi connectivity index (χ3n) is 4.37. The lowest BCUT2D eigenvalue weighted by Crippen LogP contribution is -2.30. The topological polar surface area (TPSA) is 29.9 Å². The van der Waals surface area contributed by atoms with E-state index in [4.69, 9.17) is 9.90 Å². The first-order valence-electron chi connectivity index (χ1n) is 9.90. The number of rotatable bonds is 2. The number of para-hydroxylation sites is 1. The summed E-state index contributed by atoms with van der Waals surface area (Å²) in [5.41, 5.74) is 3.63. The molecule has 3 nitrogen and oxygen atoms in total. The number of pyridine rings is 2. The van der Waals surface area contributed by atoms with E-state index in [1.165, 1.54) is 6.92 Å². The first kappa shape index (κ1) is 11.0. The fourth-order valence-corrected chi connectivity index (χ4v) is 3.27. The number of aryl methyl sites for hydroxylation is 2. The summed E-state index contributed by atoms with van der Waals surface area (Å²) in [5, 5.41) is 1.67. The highest BCUT2D eigenvalue weighted by Gasteiger charge is 2.24. The fraction of sp³-hybridized carbons (Fsp3) is 0.238. The maximum Gasteiger partial charge on any atom is 0.214 e. The lowest BCUT2D eigenvalue weighted by Gasteiger charge is -2.11. The standard InChI is InChI=1S/C21H21N2O/c1-13(2)20-21-19(15-9-5-6-11-17(15)24-21)18(14(3)22-20)16-10-7-8-12-23(16)4/h5-13H,1-4H3/q+1/i1D3,13D. The van der Waals surface area contributed by atoms with Gasteiger partial charge in [0.2, 0.25) is 5.69 Å². The minimum Gasteiger partial charge on any atom is -0.454 e. The molecule has 0 saturated heterocycles. The van der Waals surface area contributed by atoms with Crippen molar-refractivity contribution in [2.75, 3.05) is 0 Å². The summed E-state index contributed by atoms with van der Waals surface area (Å²) >= 11 is 0. The first-order valence-corrected chi connectivity index (χ1v) is 7.90. The Labute approximate surface area is 147 Å². The van der Waals surface area contributed by atoms with Crippen LogP contribution < -0.4 is 4.57 Å². The molecular formula is C21H21N2O+. The number of furan rings is 1. The van der Waals surface area contributed by atoms with Gasteiger partial charge in [-0.1, -0.05) is 32.0 Å². The van der Waals surface area contributed by atoms with Crippen LogP contribution in [0.4, 0.5) is 0 Å². The van der Waals surface area contributed by atoms with E-state index in [0.29, 0.717) is 16.9 Å². The minimum atomic E-state index is -2.54. The molecule has 4 rings (SSSR count). The van der Waals surface area contributed by atoms with Gasteiger partial charge in [0.25, 0.3) is 0 Å². The maximum atomic E-state index is 8.60. The van der Waals surface area contributed by atoms with E-state index >= 15 is 0 Å². The van der Waals surface area contributed by atoms with Crippen molar-refractivity contribution >= 4 is 21.9 Å². The van der Waals surface area contributed by atoms with E-state index in [1.54, 1.807) is 0 Å². The zero-order valence-corrected chi connectivity index (χ0v) is 13.9. The Bertz CT molecular complexity index is 1210. The number of benzene rings is 1. The molecule has 0 fully saturated rings. The molecule has 3 heteroatoms. The van der Waals surface area contributed by atoms with Crippen LogP contribution in [0.25, 0.3) is 33.2 Å². The molecule has 0 aliphatic heterocycles. The second-order valence-corrected chi connectivity index (χ2v) is 6.04. The van der Waals surface area contributed by atoms with Crippen molar-refractivity contribution in [2.24, 2.45) is 7.05 Å². The Hall–Kier alpha value is -2.68. The smallest absolute Gasteiger partial charge is 0.214 e. The second-order valence-electron chi connectivity index (χ2n) is 6.04. The van der Waals surface area contributed by atoms with Crippen LogP contribution in [0.1, 0.15) is 36.5 Å². The average molecular weight is 321 g/mol. The monoisotopic (exact) mass is 321 g/mol. The summed E-state index contributed by atoms with van der Waals surface area (Å²) in [6, 6.07) is 13.5. The van der Waals surface area contributed by atoms with Gasteiger partial charge in [0.1, 0.15) is 12.6 Å². The van der Waals surface area contributed by atoms with Crippen LogP contribution in [0.2, 0.25) is 0 Å². The summed E-state index contributed by atoms with van der Waals surface area (Å²) in [6.07, 6.45) is 1.95. The zero-order chi connectivity index (χ0) is 20.3. The van der Waals surface area contributed by atoms with Gasteiger partial charge in [-0.2, -0.15) is 0 Å². The van der Waals surface area contributed by atoms with Gasteiger partial charge in [-0.15, -0.1) is 0 Å². The summed E-state index contributed by atoms with van der Waals surface area (Å²) in [5.74, 6) is -1.90. The number of fused-ring (bicyclic) bond motifs is 3. The van der Waals surface area contributed by atoms with Crippen molar-refractivity contribution in [3.63, 3.8) is 0 Å². The molecule has 24 heavy (non-hydrogen) atoms. The molecule has 3 heterocycles. The van der Waals surface area contributed by atoms with Gasteiger partial charge in [0.15, 0.2) is 11.8 Å². The van der Waals surface area contributed by atoms with Crippen molar-refractivity contribution in [1.82, 2.24) is 4.98 Å². The molecule has 0 radical (unpaired) electrons. The summed E-state index contributed by atoms with van der Waals surface area (Å²) < 4.78 is 40.3. The molecule has 1 atom stereocenters. The molecule has 0 spiro atoms. The normalized spacial score (nSPS) is 17.1. The van der Waals surface area contributed by atoms with E-state index in [9.17, 15) is 0 Å². The highest BCUT2D eigenvalue weighted by molar-refractivity contribution is 6.12. The highest BCUT2D eigenvalue weighted by atomic mass is 16.3. The summed E-state index contributed by atoms with van der Waals surface area (Å²) in [7, 11) is 1.95. The lowest BCUT2D eigenvalue weighted by atomic mass is 9.98. The van der Waals surface area contributed by atoms with Crippen LogP contribution in [0.3, 0.4) is 0 Å². The molecule has 120 valence electrons. The lowest BCUT2D eigenvalue weighted by molar-refractivity contribution is -0.660. The van der Waals surface area contributed by atoms with Gasteiger partial charge < -0.3 is 4.42 Å². The van der Waals surface area contributed by atoms with Crippen LogP contribution in [0.15, 0.2) is 53.1 Å². The van der Waals surface area contributed by atoms with E-state index < -0.39 is 12.7 Å². The van der Waals surface area contributed by atoms with Crippen LogP contribution in [0.5, 0.6) is 0 Å². The van der Waals surface area contributed by atoms with Crippen LogP contribution in [-0.4, -0.2) is 4.98 Å². The predicted octanol–water partition coefficient (Wildman–Crippen LogP) is 4.90. The Morgan fingerprint density at radius 1 is 1.21 bits per heavy atom. The van der Waals surface area contributed by atoms with Gasteiger partial charge in [-0.05, 0) is 25.0 Å². The molecule has 0 aliphatic rings. The number of hydrogen-bond acceptors (Lipinski definition) is 2. The Kier molecular flexibility index (Phi) is 2.49. The average Bonchev–Trinajstić information content (AvgIpc) is 3.00. The predicted molar refractivity (Wildman–Crippen MR) is 97.0 cm³/mol. The van der Waals surface area contributed by atoms with Gasteiger partial charge in [-0.3, -0.25) is 4.98 Å². The Morgan fingerprint density at radius 2 is 2.00 bits per heavy atom. The van der Waals surface area contributed by atoms with E-state index in [2.05, 4.69) is 4.98 Å². The van der Waals surface area contributed by atoms with Crippen LogP contribution in [-0.2, 0) is 7.05 Å². The zero-order valence-electron chi connectivity index (χ0n) is 17.9. The highest BCUT2D eigenvalue weighted by Crippen LogP contribution is 2.39. The van der Waals surface area contributed by atoms with Gasteiger partial charge in [0, 0.05) is 28.4 Å². The van der Waals surface area contributed by atoms with Crippen molar-refractivity contribution in [3.8, 4) is 11.3 Å². The Balaban J connectivity index is 2.21. The number of aromatic nitrogens is 2. The SMILES string of the molecule is [2H]C([2H])([2H])C([2H])(C)c1nc(C)c(-c2cccc[n+]2C)c2c1oc1ccccc12. The molecular weight excluding hydrogens is 296 g/mol. The number of hydrogen-bond donors (Lipinski definition) is 0. The molecule has 0 N–H and O–H groups in total.